The summed E-state index contributed by atoms with van der Waals surface area (Å²) < 4.78 is 24.0. The summed E-state index contributed by atoms with van der Waals surface area (Å²) in [7, 11) is 0. The van der Waals surface area contributed by atoms with Crippen LogP contribution >= 0.6 is 0 Å². The number of fused-ring (bicyclic) bond motifs is 1. The number of nitrogens with one attached hydrogen (secondary N) is 1. The maximum atomic E-state index is 11.8. The molecule has 4 rings (SSSR count). The predicted molar refractivity (Wildman–Crippen MR) is 109 cm³/mol. The van der Waals surface area contributed by atoms with Gasteiger partial charge in [0.2, 0.25) is 12.2 Å². The van der Waals surface area contributed by atoms with E-state index in [1.165, 1.54) is 6.92 Å². The van der Waals surface area contributed by atoms with Crippen molar-refractivity contribution in [3.8, 4) is 5.75 Å². The van der Waals surface area contributed by atoms with Crippen molar-refractivity contribution >= 4 is 5.91 Å². The molecule has 0 aromatic heterocycles. The molecule has 6 atom stereocenters. The van der Waals surface area contributed by atoms with Crippen LogP contribution in [0.5, 0.6) is 5.75 Å². The van der Waals surface area contributed by atoms with Crippen LogP contribution in [0.3, 0.4) is 0 Å². The summed E-state index contributed by atoms with van der Waals surface area (Å²) >= 11 is 0. The number of amides is 1. The van der Waals surface area contributed by atoms with E-state index in [2.05, 4.69) is 12.2 Å². The Morgan fingerprint density at radius 1 is 1.17 bits per heavy atom. The van der Waals surface area contributed by atoms with E-state index in [9.17, 15) is 9.90 Å². The highest BCUT2D eigenvalue weighted by atomic mass is 16.7. The fourth-order valence-corrected chi connectivity index (χ4v) is 3.83. The lowest BCUT2D eigenvalue weighted by Gasteiger charge is -2.47. The number of hydrogen-bond donors (Lipinski definition) is 2. The third-order valence-corrected chi connectivity index (χ3v) is 5.37. The minimum Gasteiger partial charge on any atom is -0.463 e. The predicted octanol–water partition coefficient (Wildman–Crippen LogP) is 2.33. The second kappa shape index (κ2) is 9.14. The molecule has 7 nitrogen and oxygen atoms in total. The molecule has 160 valence electrons. The summed E-state index contributed by atoms with van der Waals surface area (Å²) in [5.41, 5.74) is 1.97. The molecular formula is C23H27NO6. The average Bonchev–Trinajstić information content (AvgIpc) is 2.77. The molecule has 0 spiro atoms. The topological polar surface area (TPSA) is 86.2 Å². The Morgan fingerprint density at radius 3 is 2.70 bits per heavy atom. The number of carbonyl (C=O) groups is 1. The summed E-state index contributed by atoms with van der Waals surface area (Å²) in [4.78, 5) is 11.8. The van der Waals surface area contributed by atoms with Crippen LogP contribution in [0.15, 0.2) is 54.6 Å². The van der Waals surface area contributed by atoms with Gasteiger partial charge < -0.3 is 29.4 Å². The normalized spacial score (nSPS) is 30.9. The monoisotopic (exact) mass is 413 g/mol. The zero-order chi connectivity index (χ0) is 21.1. The van der Waals surface area contributed by atoms with Crippen molar-refractivity contribution in [1.82, 2.24) is 5.32 Å². The fourth-order valence-electron chi connectivity index (χ4n) is 3.83. The summed E-state index contributed by atoms with van der Waals surface area (Å²) in [5.74, 6) is 0.323. The lowest BCUT2D eigenvalue weighted by atomic mass is 9.95. The fraction of sp³-hybridized carbons (Fsp3) is 0.435. The SMILES string of the molecule is CCc1cccc(O[C@@H]2O[C@@H]3CO[C@H](c4ccccc4)O[C@@H]3[C@H](O)[C@H]2NC(C)=O)c1. The number of rotatable bonds is 5. The van der Waals surface area contributed by atoms with Crippen molar-refractivity contribution < 1.29 is 28.8 Å². The van der Waals surface area contributed by atoms with Gasteiger partial charge in [0.05, 0.1) is 6.61 Å². The van der Waals surface area contributed by atoms with Crippen molar-refractivity contribution in [2.75, 3.05) is 6.61 Å². The molecule has 2 aromatic rings. The molecule has 0 bridgehead atoms. The molecule has 7 heteroatoms. The Hall–Kier alpha value is -2.45. The van der Waals surface area contributed by atoms with Crippen LogP contribution in [0.4, 0.5) is 0 Å². The molecule has 30 heavy (non-hydrogen) atoms. The molecule has 2 aliphatic rings. The van der Waals surface area contributed by atoms with Crippen molar-refractivity contribution in [1.29, 1.82) is 0 Å². The lowest BCUT2D eigenvalue weighted by molar-refractivity contribution is -0.333. The van der Waals surface area contributed by atoms with E-state index in [1.54, 1.807) is 0 Å². The molecule has 2 aliphatic heterocycles. The first-order chi connectivity index (χ1) is 14.5. The molecule has 2 fully saturated rings. The first-order valence-electron chi connectivity index (χ1n) is 10.2. The van der Waals surface area contributed by atoms with Gasteiger partial charge in [-0.1, -0.05) is 49.4 Å². The first kappa shape index (κ1) is 20.8. The second-order valence-electron chi connectivity index (χ2n) is 7.56. The van der Waals surface area contributed by atoms with E-state index in [-0.39, 0.29) is 12.5 Å². The van der Waals surface area contributed by atoms with Gasteiger partial charge in [-0.15, -0.1) is 0 Å². The molecule has 2 heterocycles. The number of ether oxygens (including phenoxy) is 4. The van der Waals surface area contributed by atoms with Crippen molar-refractivity contribution in [3.05, 3.63) is 65.7 Å². The van der Waals surface area contributed by atoms with Gasteiger partial charge in [0.15, 0.2) is 6.29 Å². The van der Waals surface area contributed by atoms with E-state index in [4.69, 9.17) is 18.9 Å². The number of aryl methyl sites for hydroxylation is 1. The highest BCUT2D eigenvalue weighted by molar-refractivity contribution is 5.73. The summed E-state index contributed by atoms with van der Waals surface area (Å²) in [6, 6.07) is 16.4. The Labute approximate surface area is 175 Å². The number of benzene rings is 2. The smallest absolute Gasteiger partial charge is 0.223 e. The van der Waals surface area contributed by atoms with Crippen LogP contribution in [0, 0.1) is 0 Å². The Balaban J connectivity index is 1.53. The van der Waals surface area contributed by atoms with Gasteiger partial charge in [-0.25, -0.2) is 0 Å². The molecule has 2 aromatic carbocycles. The van der Waals surface area contributed by atoms with Gasteiger partial charge in [0, 0.05) is 12.5 Å². The molecular weight excluding hydrogens is 386 g/mol. The van der Waals surface area contributed by atoms with Gasteiger partial charge in [0.25, 0.3) is 0 Å². The van der Waals surface area contributed by atoms with Crippen LogP contribution < -0.4 is 10.1 Å². The number of hydrogen-bond acceptors (Lipinski definition) is 6. The molecule has 0 unspecified atom stereocenters. The minimum absolute atomic E-state index is 0.239. The Morgan fingerprint density at radius 2 is 1.97 bits per heavy atom. The van der Waals surface area contributed by atoms with Gasteiger partial charge in [-0.3, -0.25) is 4.79 Å². The largest absolute Gasteiger partial charge is 0.463 e. The summed E-state index contributed by atoms with van der Waals surface area (Å²) in [6.07, 6.45) is -2.83. The average molecular weight is 413 g/mol. The van der Waals surface area contributed by atoms with E-state index < -0.39 is 36.9 Å². The van der Waals surface area contributed by atoms with Crippen LogP contribution in [0.1, 0.15) is 31.3 Å². The molecule has 0 radical (unpaired) electrons. The van der Waals surface area contributed by atoms with Crippen LogP contribution in [-0.2, 0) is 25.4 Å². The quantitative estimate of drug-likeness (QED) is 0.783. The molecule has 0 aliphatic carbocycles. The molecule has 0 saturated carbocycles. The van der Waals surface area contributed by atoms with Crippen molar-refractivity contribution in [2.24, 2.45) is 0 Å². The van der Waals surface area contributed by atoms with E-state index in [1.807, 2.05) is 54.6 Å². The maximum absolute atomic E-state index is 11.8. The third-order valence-electron chi connectivity index (χ3n) is 5.37. The van der Waals surface area contributed by atoms with Gasteiger partial charge in [-0.2, -0.15) is 0 Å². The Kier molecular flexibility index (Phi) is 6.34. The number of aliphatic hydroxyl groups is 1. The van der Waals surface area contributed by atoms with Crippen LogP contribution in [-0.4, -0.2) is 48.3 Å². The number of aliphatic hydroxyl groups excluding tert-OH is 1. The highest BCUT2D eigenvalue weighted by Gasteiger charge is 2.50. The first-order valence-corrected chi connectivity index (χ1v) is 10.2. The van der Waals surface area contributed by atoms with E-state index in [0.717, 1.165) is 17.5 Å². The third kappa shape index (κ3) is 4.49. The molecule has 2 N–H and O–H groups in total. The zero-order valence-electron chi connectivity index (χ0n) is 17.1. The molecule has 2 saturated heterocycles. The van der Waals surface area contributed by atoms with Crippen molar-refractivity contribution in [2.45, 2.75) is 57.2 Å². The van der Waals surface area contributed by atoms with Crippen LogP contribution in [0.25, 0.3) is 0 Å². The van der Waals surface area contributed by atoms with Crippen molar-refractivity contribution in [3.63, 3.8) is 0 Å². The van der Waals surface area contributed by atoms with Gasteiger partial charge >= 0.3 is 0 Å². The van der Waals surface area contributed by atoms with E-state index in [0.29, 0.717) is 5.75 Å². The van der Waals surface area contributed by atoms with Crippen LogP contribution in [0.2, 0.25) is 0 Å². The highest BCUT2D eigenvalue weighted by Crippen LogP contribution is 2.34. The van der Waals surface area contributed by atoms with E-state index >= 15 is 0 Å². The standard InChI is InChI=1S/C23H27NO6/c1-3-15-8-7-11-17(12-15)28-23-19(24-14(2)25)20(26)21-18(29-23)13-27-22(30-21)16-9-5-4-6-10-16/h4-12,18-23,26H,3,13H2,1-2H3,(H,24,25)/t18-,19-,20-,21+,22+,23-/m1/s1. The zero-order valence-corrected chi connectivity index (χ0v) is 17.1. The Bertz CT molecular complexity index is 860. The summed E-state index contributed by atoms with van der Waals surface area (Å²) in [5, 5.41) is 13.8. The maximum Gasteiger partial charge on any atom is 0.223 e. The number of carbonyl (C=O) groups excluding carboxylic acids is 1. The van der Waals surface area contributed by atoms with Gasteiger partial charge in [0.1, 0.15) is 30.1 Å². The second-order valence-corrected chi connectivity index (χ2v) is 7.56. The minimum atomic E-state index is -1.03. The lowest BCUT2D eigenvalue weighted by Crippen LogP contribution is -2.67. The summed E-state index contributed by atoms with van der Waals surface area (Å²) in [6.45, 7) is 3.69. The molecule has 1 amide bonds. The van der Waals surface area contributed by atoms with Gasteiger partial charge in [-0.05, 0) is 24.1 Å².